The number of carboxylic acids is 1. The average molecular weight is 251 g/mol. The lowest BCUT2D eigenvalue weighted by Crippen LogP contribution is -2.52. The second kappa shape index (κ2) is 5.08. The molecule has 1 amide bonds. The fourth-order valence-electron chi connectivity index (χ4n) is 1.71. The second-order valence-electron chi connectivity index (χ2n) is 4.43. The fraction of sp³-hybridized carbons (Fsp3) is 0.385. The Labute approximate surface area is 106 Å². The molecular formula is C13H17NO4. The molecule has 0 aromatic heterocycles. The molecule has 0 aliphatic rings. The molecule has 0 aliphatic heterocycles. The van der Waals surface area contributed by atoms with E-state index in [1.807, 2.05) is 0 Å². The van der Waals surface area contributed by atoms with Gasteiger partial charge in [-0.1, -0.05) is 12.1 Å². The molecule has 2 N–H and O–H groups in total. The molecule has 0 fully saturated rings. The highest BCUT2D eigenvalue weighted by Crippen LogP contribution is 2.23. The summed E-state index contributed by atoms with van der Waals surface area (Å²) in [7, 11) is 0. The third kappa shape index (κ3) is 2.45. The number of phenols is 1. The number of carboxylic acid groups (broad SMARTS) is 1. The number of amides is 1. The standard InChI is InChI=1S/C13H17NO4/c1-4-14(13(2,3)12(17)18)11(16)9-7-5-6-8-10(9)15/h5-8,15H,4H2,1-3H3,(H,17,18). The Hall–Kier alpha value is -2.04. The van der Waals surface area contributed by atoms with Crippen molar-refractivity contribution < 1.29 is 19.8 Å². The molecule has 0 saturated carbocycles. The highest BCUT2D eigenvalue weighted by atomic mass is 16.4. The number of carbonyl (C=O) groups is 2. The van der Waals surface area contributed by atoms with Crippen LogP contribution in [0.4, 0.5) is 0 Å². The summed E-state index contributed by atoms with van der Waals surface area (Å²) < 4.78 is 0. The minimum Gasteiger partial charge on any atom is -0.507 e. The van der Waals surface area contributed by atoms with Crippen molar-refractivity contribution in [1.29, 1.82) is 0 Å². The number of para-hydroxylation sites is 1. The maximum absolute atomic E-state index is 12.3. The van der Waals surface area contributed by atoms with Gasteiger partial charge in [-0.2, -0.15) is 0 Å². The van der Waals surface area contributed by atoms with E-state index in [-0.39, 0.29) is 17.9 Å². The van der Waals surface area contributed by atoms with Crippen molar-refractivity contribution in [2.24, 2.45) is 0 Å². The number of rotatable bonds is 4. The van der Waals surface area contributed by atoms with Crippen LogP contribution >= 0.6 is 0 Å². The predicted octanol–water partition coefficient (Wildman–Crippen LogP) is 1.72. The lowest BCUT2D eigenvalue weighted by molar-refractivity contribution is -0.147. The topological polar surface area (TPSA) is 77.8 Å². The number of aliphatic carboxylic acids is 1. The Morgan fingerprint density at radius 2 is 1.83 bits per heavy atom. The van der Waals surface area contributed by atoms with Crippen LogP contribution < -0.4 is 0 Å². The van der Waals surface area contributed by atoms with E-state index >= 15 is 0 Å². The number of likely N-dealkylation sites (N-methyl/N-ethyl adjacent to an activating group) is 1. The molecule has 0 spiro atoms. The van der Waals surface area contributed by atoms with Crippen molar-refractivity contribution in [2.45, 2.75) is 26.3 Å². The highest BCUT2D eigenvalue weighted by molar-refractivity contribution is 5.99. The summed E-state index contributed by atoms with van der Waals surface area (Å²) in [4.78, 5) is 24.6. The molecule has 5 nitrogen and oxygen atoms in total. The molecule has 1 rings (SSSR count). The van der Waals surface area contributed by atoms with Crippen LogP contribution in [0.15, 0.2) is 24.3 Å². The van der Waals surface area contributed by atoms with Gasteiger partial charge in [0, 0.05) is 6.54 Å². The zero-order valence-corrected chi connectivity index (χ0v) is 10.7. The lowest BCUT2D eigenvalue weighted by atomic mass is 10.0. The molecule has 0 heterocycles. The number of aromatic hydroxyl groups is 1. The van der Waals surface area contributed by atoms with Crippen LogP contribution in [-0.2, 0) is 4.79 Å². The van der Waals surface area contributed by atoms with Gasteiger partial charge in [-0.05, 0) is 32.9 Å². The first kappa shape index (κ1) is 14.0. The van der Waals surface area contributed by atoms with Crippen LogP contribution in [-0.4, -0.2) is 39.1 Å². The smallest absolute Gasteiger partial charge is 0.329 e. The number of nitrogens with zero attached hydrogens (tertiary/aromatic N) is 1. The zero-order valence-electron chi connectivity index (χ0n) is 10.7. The van der Waals surface area contributed by atoms with Gasteiger partial charge in [0.1, 0.15) is 11.3 Å². The minimum atomic E-state index is -1.33. The van der Waals surface area contributed by atoms with E-state index in [1.54, 1.807) is 19.1 Å². The molecule has 0 aliphatic carbocycles. The molecule has 98 valence electrons. The SMILES string of the molecule is CCN(C(=O)c1ccccc1O)C(C)(C)C(=O)O. The number of phenolic OH excluding ortho intramolecular Hbond substituents is 1. The Balaban J connectivity index is 3.16. The van der Waals surface area contributed by atoms with Gasteiger partial charge in [0.25, 0.3) is 5.91 Å². The first-order chi connectivity index (χ1) is 8.32. The average Bonchev–Trinajstić information content (AvgIpc) is 2.29. The zero-order chi connectivity index (χ0) is 13.9. The van der Waals surface area contributed by atoms with Gasteiger partial charge in [0.2, 0.25) is 0 Å². The first-order valence-electron chi connectivity index (χ1n) is 5.65. The van der Waals surface area contributed by atoms with E-state index in [4.69, 9.17) is 5.11 Å². The number of carbonyl (C=O) groups excluding carboxylic acids is 1. The highest BCUT2D eigenvalue weighted by Gasteiger charge is 2.37. The molecule has 1 aromatic carbocycles. The Morgan fingerprint density at radius 3 is 2.28 bits per heavy atom. The summed E-state index contributed by atoms with van der Waals surface area (Å²) in [6, 6.07) is 6.09. The molecule has 0 atom stereocenters. The summed E-state index contributed by atoms with van der Waals surface area (Å²) >= 11 is 0. The van der Waals surface area contributed by atoms with Crippen LogP contribution in [0.25, 0.3) is 0 Å². The van der Waals surface area contributed by atoms with Crippen molar-refractivity contribution in [1.82, 2.24) is 4.90 Å². The molecule has 5 heteroatoms. The minimum absolute atomic E-state index is 0.105. The summed E-state index contributed by atoms with van der Waals surface area (Å²) in [5.41, 5.74) is -1.22. The van der Waals surface area contributed by atoms with Crippen LogP contribution in [0.5, 0.6) is 5.75 Å². The molecule has 0 unspecified atom stereocenters. The third-order valence-corrected chi connectivity index (χ3v) is 2.89. The third-order valence-electron chi connectivity index (χ3n) is 2.89. The number of hydrogen-bond donors (Lipinski definition) is 2. The van der Waals surface area contributed by atoms with Crippen LogP contribution in [0.1, 0.15) is 31.1 Å². The van der Waals surface area contributed by atoms with Gasteiger partial charge in [0.15, 0.2) is 0 Å². The van der Waals surface area contributed by atoms with Gasteiger partial charge in [0.05, 0.1) is 5.56 Å². The summed E-state index contributed by atoms with van der Waals surface area (Å²) in [6.07, 6.45) is 0. The fourth-order valence-corrected chi connectivity index (χ4v) is 1.71. The molecule has 0 bridgehead atoms. The summed E-state index contributed by atoms with van der Waals surface area (Å²) in [6.45, 7) is 4.85. The van der Waals surface area contributed by atoms with Gasteiger partial charge in [-0.25, -0.2) is 4.79 Å². The second-order valence-corrected chi connectivity index (χ2v) is 4.43. The first-order valence-corrected chi connectivity index (χ1v) is 5.65. The van der Waals surface area contributed by atoms with Gasteiger partial charge >= 0.3 is 5.97 Å². The van der Waals surface area contributed by atoms with Gasteiger partial charge in [-0.3, -0.25) is 4.79 Å². The van der Waals surface area contributed by atoms with Crippen molar-refractivity contribution in [3.8, 4) is 5.75 Å². The van der Waals surface area contributed by atoms with Crippen molar-refractivity contribution in [2.75, 3.05) is 6.54 Å². The summed E-state index contributed by atoms with van der Waals surface area (Å²) in [5, 5.41) is 18.8. The van der Waals surface area contributed by atoms with Crippen molar-refractivity contribution in [3.63, 3.8) is 0 Å². The Morgan fingerprint density at radius 1 is 1.28 bits per heavy atom. The van der Waals surface area contributed by atoms with Gasteiger partial charge < -0.3 is 15.1 Å². The van der Waals surface area contributed by atoms with E-state index in [0.29, 0.717) is 0 Å². The maximum Gasteiger partial charge on any atom is 0.329 e. The Kier molecular flexibility index (Phi) is 3.96. The lowest BCUT2D eigenvalue weighted by Gasteiger charge is -2.34. The van der Waals surface area contributed by atoms with Gasteiger partial charge in [-0.15, -0.1) is 0 Å². The van der Waals surface area contributed by atoms with Crippen LogP contribution in [0, 0.1) is 0 Å². The van der Waals surface area contributed by atoms with E-state index in [1.165, 1.54) is 30.9 Å². The largest absolute Gasteiger partial charge is 0.507 e. The van der Waals surface area contributed by atoms with Crippen LogP contribution in [0.3, 0.4) is 0 Å². The van der Waals surface area contributed by atoms with E-state index in [2.05, 4.69) is 0 Å². The maximum atomic E-state index is 12.3. The molecule has 0 radical (unpaired) electrons. The molecule has 1 aromatic rings. The van der Waals surface area contributed by atoms with Crippen LogP contribution in [0.2, 0.25) is 0 Å². The normalized spacial score (nSPS) is 11.1. The quantitative estimate of drug-likeness (QED) is 0.854. The van der Waals surface area contributed by atoms with E-state index in [9.17, 15) is 14.7 Å². The summed E-state index contributed by atoms with van der Waals surface area (Å²) in [5.74, 6) is -1.74. The molecule has 0 saturated heterocycles. The monoisotopic (exact) mass is 251 g/mol. The van der Waals surface area contributed by atoms with E-state index in [0.717, 1.165) is 0 Å². The van der Waals surface area contributed by atoms with Crippen molar-refractivity contribution >= 4 is 11.9 Å². The predicted molar refractivity (Wildman–Crippen MR) is 66.5 cm³/mol. The van der Waals surface area contributed by atoms with E-state index < -0.39 is 17.4 Å². The number of benzene rings is 1. The number of hydrogen-bond acceptors (Lipinski definition) is 3. The molecule has 18 heavy (non-hydrogen) atoms. The Bertz CT molecular complexity index is 468. The van der Waals surface area contributed by atoms with Crippen molar-refractivity contribution in [3.05, 3.63) is 29.8 Å². The molecular weight excluding hydrogens is 234 g/mol.